The third-order valence-electron chi connectivity index (χ3n) is 5.65. The summed E-state index contributed by atoms with van der Waals surface area (Å²) < 4.78 is 0. The zero-order valence-electron chi connectivity index (χ0n) is 18.6. The van der Waals surface area contributed by atoms with Crippen molar-refractivity contribution in [2.24, 2.45) is 0 Å². The normalized spacial score (nSPS) is 18.2. The van der Waals surface area contributed by atoms with Crippen molar-refractivity contribution in [3.63, 3.8) is 0 Å². The summed E-state index contributed by atoms with van der Waals surface area (Å²) in [5, 5.41) is 27.1. The van der Waals surface area contributed by atoms with Gasteiger partial charge < -0.3 is 21.1 Å². The first-order valence-electron chi connectivity index (χ1n) is 10.8. The van der Waals surface area contributed by atoms with Gasteiger partial charge in [-0.05, 0) is 37.3 Å². The molecule has 6 N–H and O–H groups in total. The molecule has 0 saturated carbocycles. The molecule has 3 rings (SSSR count). The summed E-state index contributed by atoms with van der Waals surface area (Å²) in [6, 6.07) is 13.9. The summed E-state index contributed by atoms with van der Waals surface area (Å²) in [4.78, 5) is 35.7. The predicted molar refractivity (Wildman–Crippen MR) is 124 cm³/mol. The van der Waals surface area contributed by atoms with Crippen LogP contribution in [0.5, 0.6) is 0 Å². The van der Waals surface area contributed by atoms with Gasteiger partial charge in [0.1, 0.15) is 11.9 Å². The average Bonchev–Trinajstić information content (AvgIpc) is 3.28. The number of amides is 3. The number of amidine groups is 1. The van der Waals surface area contributed by atoms with Crippen LogP contribution in [0.25, 0.3) is 0 Å². The molecule has 3 amide bonds. The van der Waals surface area contributed by atoms with Crippen molar-refractivity contribution in [2.75, 3.05) is 6.54 Å². The number of carboxylic acid groups (broad SMARTS) is 1. The van der Waals surface area contributed by atoms with Crippen molar-refractivity contribution in [3.8, 4) is 0 Å². The summed E-state index contributed by atoms with van der Waals surface area (Å²) in [6.45, 7) is 4.66. The van der Waals surface area contributed by atoms with Gasteiger partial charge in [-0.25, -0.2) is 4.79 Å². The number of carbonyl (C=O) groups is 3. The molecule has 33 heavy (non-hydrogen) atoms. The van der Waals surface area contributed by atoms with Crippen LogP contribution in [0, 0.1) is 12.3 Å². The largest absolute Gasteiger partial charge is 0.465 e. The first kappa shape index (κ1) is 23.9. The molecular formula is C24H29N5O4. The monoisotopic (exact) mass is 451 g/mol. The SMILES string of the molecule is Cc1cccc([C@@H]2CN[C@@H](C(=O)N[C@@H](C)C(=O)NCc3ccc(C(=N)NC(=O)O)cc3)C2)c1. The lowest BCUT2D eigenvalue weighted by Crippen LogP contribution is -2.49. The Bertz CT molecular complexity index is 1040. The lowest BCUT2D eigenvalue weighted by Gasteiger charge is -2.17. The summed E-state index contributed by atoms with van der Waals surface area (Å²) in [6.07, 6.45) is -0.618. The zero-order valence-corrected chi connectivity index (χ0v) is 18.6. The van der Waals surface area contributed by atoms with Gasteiger partial charge in [-0.1, -0.05) is 54.1 Å². The van der Waals surface area contributed by atoms with Gasteiger partial charge >= 0.3 is 6.09 Å². The van der Waals surface area contributed by atoms with Gasteiger partial charge in [0.2, 0.25) is 11.8 Å². The fourth-order valence-electron chi connectivity index (χ4n) is 3.80. The predicted octanol–water partition coefficient (Wildman–Crippen LogP) is 1.85. The minimum Gasteiger partial charge on any atom is -0.465 e. The van der Waals surface area contributed by atoms with E-state index in [0.29, 0.717) is 12.0 Å². The van der Waals surface area contributed by atoms with Gasteiger partial charge in [0.15, 0.2) is 0 Å². The highest BCUT2D eigenvalue weighted by Crippen LogP contribution is 2.26. The van der Waals surface area contributed by atoms with Crippen LogP contribution in [0.4, 0.5) is 4.79 Å². The van der Waals surface area contributed by atoms with E-state index in [0.717, 1.165) is 12.1 Å². The fraction of sp³-hybridized carbons (Fsp3) is 0.333. The van der Waals surface area contributed by atoms with Crippen LogP contribution in [0.2, 0.25) is 0 Å². The molecule has 1 aliphatic heterocycles. The Kier molecular flexibility index (Phi) is 7.78. The lowest BCUT2D eigenvalue weighted by molar-refractivity contribution is -0.129. The molecular weight excluding hydrogens is 422 g/mol. The smallest absolute Gasteiger partial charge is 0.410 e. The van der Waals surface area contributed by atoms with E-state index in [9.17, 15) is 14.4 Å². The standard InChI is InChI=1S/C24H29N5O4/c1-14-4-3-5-18(10-14)19-11-20(26-13-19)23(31)28-15(2)22(30)27-12-16-6-8-17(9-7-16)21(25)29-24(32)33/h3-10,15,19-20,26H,11-13H2,1-2H3,(H2,25,29)(H,27,30)(H,28,31)(H,32,33)/t15-,19-,20+/m0/s1. The van der Waals surface area contributed by atoms with E-state index in [-0.39, 0.29) is 36.2 Å². The van der Waals surface area contributed by atoms with Gasteiger partial charge in [0.05, 0.1) is 6.04 Å². The second kappa shape index (κ2) is 10.7. The van der Waals surface area contributed by atoms with Crippen LogP contribution < -0.4 is 21.3 Å². The summed E-state index contributed by atoms with van der Waals surface area (Å²) in [5.41, 5.74) is 3.60. The van der Waals surface area contributed by atoms with Crippen molar-refractivity contribution in [1.29, 1.82) is 5.41 Å². The van der Waals surface area contributed by atoms with E-state index in [1.807, 2.05) is 24.4 Å². The molecule has 2 aromatic rings. The van der Waals surface area contributed by atoms with Crippen molar-refractivity contribution in [3.05, 3.63) is 70.8 Å². The van der Waals surface area contributed by atoms with Crippen molar-refractivity contribution in [1.82, 2.24) is 21.3 Å². The van der Waals surface area contributed by atoms with E-state index in [1.165, 1.54) is 11.1 Å². The van der Waals surface area contributed by atoms with E-state index in [2.05, 4.69) is 28.1 Å². The molecule has 0 aromatic heterocycles. The Labute approximate surface area is 192 Å². The summed E-state index contributed by atoms with van der Waals surface area (Å²) in [5.74, 6) is -0.456. The average molecular weight is 452 g/mol. The van der Waals surface area contributed by atoms with E-state index in [4.69, 9.17) is 10.5 Å². The third kappa shape index (κ3) is 6.63. The number of benzene rings is 2. The Morgan fingerprint density at radius 3 is 2.58 bits per heavy atom. The van der Waals surface area contributed by atoms with Crippen LogP contribution >= 0.6 is 0 Å². The van der Waals surface area contributed by atoms with Crippen LogP contribution in [0.15, 0.2) is 48.5 Å². The molecule has 0 unspecified atom stereocenters. The fourth-order valence-corrected chi connectivity index (χ4v) is 3.80. The molecule has 1 saturated heterocycles. The minimum atomic E-state index is -1.30. The maximum atomic E-state index is 12.6. The highest BCUT2D eigenvalue weighted by molar-refractivity contribution is 6.04. The maximum Gasteiger partial charge on any atom is 0.410 e. The van der Waals surface area contributed by atoms with Crippen LogP contribution in [0.1, 0.15) is 41.5 Å². The van der Waals surface area contributed by atoms with Gasteiger partial charge in [0.25, 0.3) is 0 Å². The first-order valence-corrected chi connectivity index (χ1v) is 10.8. The molecule has 2 aromatic carbocycles. The third-order valence-corrected chi connectivity index (χ3v) is 5.65. The van der Waals surface area contributed by atoms with Crippen molar-refractivity contribution in [2.45, 2.75) is 44.8 Å². The van der Waals surface area contributed by atoms with Crippen LogP contribution in [0.3, 0.4) is 0 Å². The number of rotatable bonds is 7. The Balaban J connectivity index is 1.45. The molecule has 0 bridgehead atoms. The van der Waals surface area contributed by atoms with Gasteiger partial charge in [0, 0.05) is 18.7 Å². The van der Waals surface area contributed by atoms with Crippen LogP contribution in [-0.4, -0.2) is 47.5 Å². The topological polar surface area (TPSA) is 143 Å². The molecule has 1 aliphatic rings. The molecule has 1 fully saturated rings. The maximum absolute atomic E-state index is 12.6. The van der Waals surface area contributed by atoms with Crippen molar-refractivity contribution < 1.29 is 19.5 Å². The molecule has 1 heterocycles. The van der Waals surface area contributed by atoms with E-state index in [1.54, 1.807) is 31.2 Å². The molecule has 0 spiro atoms. The number of aryl methyl sites for hydroxylation is 1. The van der Waals surface area contributed by atoms with Crippen LogP contribution in [-0.2, 0) is 16.1 Å². The molecule has 174 valence electrons. The summed E-state index contributed by atoms with van der Waals surface area (Å²) in [7, 11) is 0. The molecule has 0 radical (unpaired) electrons. The van der Waals surface area contributed by atoms with E-state index >= 15 is 0 Å². The summed E-state index contributed by atoms with van der Waals surface area (Å²) >= 11 is 0. The second-order valence-corrected chi connectivity index (χ2v) is 8.26. The highest BCUT2D eigenvalue weighted by Gasteiger charge is 2.31. The molecule has 3 atom stereocenters. The highest BCUT2D eigenvalue weighted by atomic mass is 16.4. The number of carbonyl (C=O) groups excluding carboxylic acids is 2. The van der Waals surface area contributed by atoms with Crippen molar-refractivity contribution >= 4 is 23.7 Å². The number of nitrogens with one attached hydrogen (secondary N) is 5. The van der Waals surface area contributed by atoms with Gasteiger partial charge in [-0.2, -0.15) is 0 Å². The molecule has 9 heteroatoms. The first-order chi connectivity index (χ1) is 15.7. The molecule has 0 aliphatic carbocycles. The number of hydrogen-bond acceptors (Lipinski definition) is 5. The zero-order chi connectivity index (χ0) is 24.0. The Morgan fingerprint density at radius 2 is 1.91 bits per heavy atom. The molecule has 9 nitrogen and oxygen atoms in total. The Morgan fingerprint density at radius 1 is 1.18 bits per heavy atom. The minimum absolute atomic E-state index is 0.193. The van der Waals surface area contributed by atoms with Gasteiger partial charge in [-0.15, -0.1) is 0 Å². The second-order valence-electron chi connectivity index (χ2n) is 8.26. The van der Waals surface area contributed by atoms with E-state index < -0.39 is 12.1 Å². The lowest BCUT2D eigenvalue weighted by atomic mass is 9.95. The number of hydrogen-bond donors (Lipinski definition) is 6. The van der Waals surface area contributed by atoms with Gasteiger partial charge in [-0.3, -0.25) is 20.3 Å². The Hall–Kier alpha value is -3.72. The quantitative estimate of drug-likeness (QED) is 0.281.